The van der Waals surface area contributed by atoms with Gasteiger partial charge >= 0.3 is 0 Å². The number of benzene rings is 1. The summed E-state index contributed by atoms with van der Waals surface area (Å²) in [6, 6.07) is 6.78. The predicted octanol–water partition coefficient (Wildman–Crippen LogP) is 0.909. The van der Waals surface area contributed by atoms with Crippen molar-refractivity contribution in [2.75, 3.05) is 33.7 Å². The second-order valence-electron chi connectivity index (χ2n) is 6.40. The van der Waals surface area contributed by atoms with Crippen LogP contribution in [-0.4, -0.2) is 64.9 Å². The normalized spacial score (nSPS) is 17.4. The van der Waals surface area contributed by atoms with E-state index < -0.39 is 0 Å². The number of aromatic nitrogens is 2. The van der Waals surface area contributed by atoms with E-state index in [4.69, 9.17) is 0 Å². The molecule has 7 nitrogen and oxygen atoms in total. The second kappa shape index (κ2) is 7.06. The molecule has 1 fully saturated rings. The second-order valence-corrected chi connectivity index (χ2v) is 6.40. The van der Waals surface area contributed by atoms with Crippen molar-refractivity contribution in [2.24, 2.45) is 7.05 Å². The van der Waals surface area contributed by atoms with Crippen molar-refractivity contribution in [3.8, 4) is 0 Å². The van der Waals surface area contributed by atoms with Gasteiger partial charge < -0.3 is 19.7 Å². The van der Waals surface area contributed by atoms with Gasteiger partial charge in [-0.3, -0.25) is 9.59 Å². The lowest BCUT2D eigenvalue weighted by atomic mass is 10.1. The maximum atomic E-state index is 13.1. The highest BCUT2D eigenvalue weighted by Gasteiger charge is 2.31. The zero-order chi connectivity index (χ0) is 18.0. The number of rotatable bonds is 3. The molecule has 1 aliphatic rings. The first-order valence-electron chi connectivity index (χ1n) is 8.29. The molecule has 2 amide bonds. The van der Waals surface area contributed by atoms with Gasteiger partial charge in [0.15, 0.2) is 0 Å². The van der Waals surface area contributed by atoms with Crippen LogP contribution < -0.4 is 5.32 Å². The quantitative estimate of drug-likeness (QED) is 0.901. The van der Waals surface area contributed by atoms with Crippen molar-refractivity contribution >= 4 is 11.8 Å². The fourth-order valence-electron chi connectivity index (χ4n) is 3.09. The molecular weight excluding hydrogens is 318 g/mol. The van der Waals surface area contributed by atoms with Gasteiger partial charge in [-0.1, -0.05) is 6.07 Å². The molecule has 2 heterocycles. The molecule has 3 rings (SSSR count). The van der Waals surface area contributed by atoms with Crippen molar-refractivity contribution in [3.63, 3.8) is 0 Å². The molecule has 0 radical (unpaired) electrons. The summed E-state index contributed by atoms with van der Waals surface area (Å²) in [7, 11) is 5.32. The van der Waals surface area contributed by atoms with E-state index in [-0.39, 0.29) is 17.9 Å². The fourth-order valence-corrected chi connectivity index (χ4v) is 3.09. The minimum atomic E-state index is -0.130. The average Bonchev–Trinajstić information content (AvgIpc) is 3.06. The highest BCUT2D eigenvalue weighted by molar-refractivity contribution is 5.99. The molecule has 1 aromatic heterocycles. The van der Waals surface area contributed by atoms with Crippen LogP contribution in [-0.2, 0) is 7.05 Å². The van der Waals surface area contributed by atoms with Crippen LogP contribution in [0.1, 0.15) is 32.6 Å². The molecule has 0 aliphatic carbocycles. The summed E-state index contributed by atoms with van der Waals surface area (Å²) in [5.74, 6) is 0.652. The summed E-state index contributed by atoms with van der Waals surface area (Å²) in [5.41, 5.74) is 1.04. The Morgan fingerprint density at radius 1 is 1.28 bits per heavy atom. The van der Waals surface area contributed by atoms with Crippen LogP contribution in [0, 0.1) is 0 Å². The molecule has 25 heavy (non-hydrogen) atoms. The van der Waals surface area contributed by atoms with E-state index in [1.54, 1.807) is 44.6 Å². The molecule has 1 aromatic carbocycles. The van der Waals surface area contributed by atoms with Crippen molar-refractivity contribution < 1.29 is 9.59 Å². The maximum absolute atomic E-state index is 13.1. The molecule has 0 saturated carbocycles. The number of carbonyl (C=O) groups excluding carboxylic acids is 2. The van der Waals surface area contributed by atoms with Gasteiger partial charge in [-0.15, -0.1) is 0 Å². The molecule has 1 aliphatic heterocycles. The summed E-state index contributed by atoms with van der Waals surface area (Å²) in [4.78, 5) is 33.0. The minimum Gasteiger partial charge on any atom is -0.345 e. The van der Waals surface area contributed by atoms with Gasteiger partial charge in [-0.2, -0.15) is 0 Å². The first kappa shape index (κ1) is 17.2. The Balaban J connectivity index is 1.89. The van der Waals surface area contributed by atoms with Crippen molar-refractivity contribution in [1.82, 2.24) is 24.7 Å². The molecule has 1 atom stereocenters. The van der Waals surface area contributed by atoms with Crippen LogP contribution in [0.5, 0.6) is 0 Å². The number of piperazine rings is 1. The molecule has 1 unspecified atom stereocenters. The molecule has 7 heteroatoms. The lowest BCUT2D eigenvalue weighted by Crippen LogP contribution is -2.49. The van der Waals surface area contributed by atoms with Gasteiger partial charge in [0, 0.05) is 64.3 Å². The molecule has 0 bridgehead atoms. The maximum Gasteiger partial charge on any atom is 0.254 e. The van der Waals surface area contributed by atoms with Gasteiger partial charge in [-0.25, -0.2) is 4.98 Å². The van der Waals surface area contributed by atoms with E-state index in [0.29, 0.717) is 24.2 Å². The third kappa shape index (κ3) is 3.41. The third-order valence-corrected chi connectivity index (χ3v) is 4.42. The minimum absolute atomic E-state index is 0.0806. The highest BCUT2D eigenvalue weighted by Crippen LogP contribution is 2.23. The monoisotopic (exact) mass is 341 g/mol. The molecule has 1 N–H and O–H groups in total. The van der Waals surface area contributed by atoms with Gasteiger partial charge in [-0.05, 0) is 18.2 Å². The van der Waals surface area contributed by atoms with E-state index in [1.807, 2.05) is 22.7 Å². The van der Waals surface area contributed by atoms with E-state index in [9.17, 15) is 9.59 Å². The number of nitrogens with one attached hydrogen (secondary N) is 1. The zero-order valence-corrected chi connectivity index (χ0v) is 14.8. The van der Waals surface area contributed by atoms with Gasteiger partial charge in [0.25, 0.3) is 11.8 Å². The molecule has 2 aromatic rings. The summed E-state index contributed by atoms with van der Waals surface area (Å²) in [6.07, 6.45) is 3.62. The smallest absolute Gasteiger partial charge is 0.254 e. The van der Waals surface area contributed by atoms with Gasteiger partial charge in [0.05, 0.1) is 0 Å². The van der Waals surface area contributed by atoms with E-state index in [0.717, 1.165) is 12.4 Å². The summed E-state index contributed by atoms with van der Waals surface area (Å²) >= 11 is 0. The van der Waals surface area contributed by atoms with E-state index in [1.165, 1.54) is 4.90 Å². The lowest BCUT2D eigenvalue weighted by Gasteiger charge is -2.35. The molecule has 0 spiro atoms. The predicted molar refractivity (Wildman–Crippen MR) is 94.3 cm³/mol. The topological polar surface area (TPSA) is 70.5 Å². The Bertz CT molecular complexity index is 783. The number of nitrogens with zero attached hydrogens (tertiary/aromatic N) is 4. The molecule has 1 saturated heterocycles. The summed E-state index contributed by atoms with van der Waals surface area (Å²) < 4.78 is 1.93. The standard InChI is InChI=1S/C18H23N5O2/c1-21(2)17(24)13-5-4-6-14(11-13)18(25)23-10-7-19-12-15(23)16-20-8-9-22(16)3/h4-6,8-9,11,15,19H,7,10,12H2,1-3H3. The average molecular weight is 341 g/mol. The van der Waals surface area contributed by atoms with Crippen LogP contribution in [0.15, 0.2) is 36.7 Å². The number of carbonyl (C=O) groups is 2. The number of imidazole rings is 1. The Labute approximate surface area is 147 Å². The van der Waals surface area contributed by atoms with E-state index in [2.05, 4.69) is 10.3 Å². The first-order valence-corrected chi connectivity index (χ1v) is 8.29. The molecule has 132 valence electrons. The summed E-state index contributed by atoms with van der Waals surface area (Å²) in [6.45, 7) is 2.00. The lowest BCUT2D eigenvalue weighted by molar-refractivity contribution is 0.0621. The largest absolute Gasteiger partial charge is 0.345 e. The Morgan fingerprint density at radius 2 is 2.04 bits per heavy atom. The number of aryl methyl sites for hydroxylation is 1. The SMILES string of the molecule is CN(C)C(=O)c1cccc(C(=O)N2CCNCC2c2nccn2C)c1. The molecular formula is C18H23N5O2. The van der Waals surface area contributed by atoms with Crippen molar-refractivity contribution in [2.45, 2.75) is 6.04 Å². The van der Waals surface area contributed by atoms with Crippen LogP contribution in [0.25, 0.3) is 0 Å². The number of amides is 2. The van der Waals surface area contributed by atoms with Crippen LogP contribution in [0.4, 0.5) is 0 Å². The fraction of sp³-hybridized carbons (Fsp3) is 0.389. The highest BCUT2D eigenvalue weighted by atomic mass is 16.2. The van der Waals surface area contributed by atoms with Gasteiger partial charge in [0.1, 0.15) is 11.9 Å². The Morgan fingerprint density at radius 3 is 2.72 bits per heavy atom. The van der Waals surface area contributed by atoms with Crippen LogP contribution >= 0.6 is 0 Å². The van der Waals surface area contributed by atoms with Crippen molar-refractivity contribution in [3.05, 3.63) is 53.6 Å². The van der Waals surface area contributed by atoms with Crippen molar-refractivity contribution in [1.29, 1.82) is 0 Å². The number of hydrogen-bond acceptors (Lipinski definition) is 4. The van der Waals surface area contributed by atoms with Crippen LogP contribution in [0.2, 0.25) is 0 Å². The van der Waals surface area contributed by atoms with E-state index >= 15 is 0 Å². The Kier molecular flexibility index (Phi) is 4.85. The zero-order valence-electron chi connectivity index (χ0n) is 14.8. The van der Waals surface area contributed by atoms with Gasteiger partial charge in [0.2, 0.25) is 0 Å². The first-order chi connectivity index (χ1) is 12.0. The summed E-state index contributed by atoms with van der Waals surface area (Å²) in [5, 5.41) is 3.32. The Hall–Kier alpha value is -2.67. The van der Waals surface area contributed by atoms with Crippen LogP contribution in [0.3, 0.4) is 0 Å². The number of hydrogen-bond donors (Lipinski definition) is 1. The third-order valence-electron chi connectivity index (χ3n) is 4.42.